The Morgan fingerprint density at radius 1 is 1.31 bits per heavy atom. The second-order valence-electron chi connectivity index (χ2n) is 3.46. The number of benzene rings is 1. The maximum atomic E-state index is 13.0. The summed E-state index contributed by atoms with van der Waals surface area (Å²) in [4.78, 5) is 1.25. The van der Waals surface area contributed by atoms with E-state index in [1.807, 2.05) is 7.05 Å². The largest absolute Gasteiger partial charge is 0.315 e. The summed E-state index contributed by atoms with van der Waals surface area (Å²) in [5.41, 5.74) is 2.03. The molecule has 16 heavy (non-hydrogen) atoms. The van der Waals surface area contributed by atoms with E-state index >= 15 is 0 Å². The molecule has 0 aliphatic heterocycles. The lowest BCUT2D eigenvalue weighted by Crippen LogP contribution is -2.02. The van der Waals surface area contributed by atoms with Crippen LogP contribution >= 0.6 is 22.9 Å². The lowest BCUT2D eigenvalue weighted by atomic mass is 10.1. The highest BCUT2D eigenvalue weighted by Gasteiger charge is 2.05. The van der Waals surface area contributed by atoms with Crippen LogP contribution in [0.3, 0.4) is 0 Å². The van der Waals surface area contributed by atoms with Gasteiger partial charge in [-0.15, -0.1) is 11.3 Å². The van der Waals surface area contributed by atoms with Gasteiger partial charge in [0, 0.05) is 11.4 Å². The van der Waals surface area contributed by atoms with E-state index < -0.39 is 0 Å². The topological polar surface area (TPSA) is 12.0 Å². The molecule has 0 atom stereocenters. The first-order valence-corrected chi connectivity index (χ1v) is 6.14. The van der Waals surface area contributed by atoms with E-state index in [4.69, 9.17) is 11.6 Å². The first-order chi connectivity index (χ1) is 7.70. The maximum absolute atomic E-state index is 13.0. The normalized spacial score (nSPS) is 10.7. The summed E-state index contributed by atoms with van der Waals surface area (Å²) < 4.78 is 13.0. The van der Waals surface area contributed by atoms with Crippen molar-refractivity contribution in [2.75, 3.05) is 7.05 Å². The van der Waals surface area contributed by atoms with Crippen molar-refractivity contribution in [1.29, 1.82) is 0 Å². The van der Waals surface area contributed by atoms with Gasteiger partial charge in [-0.1, -0.05) is 17.7 Å². The van der Waals surface area contributed by atoms with E-state index in [0.717, 1.165) is 17.7 Å². The van der Waals surface area contributed by atoms with Gasteiger partial charge in [0.05, 0.1) is 5.02 Å². The van der Waals surface area contributed by atoms with Gasteiger partial charge >= 0.3 is 0 Å². The van der Waals surface area contributed by atoms with Crippen LogP contribution in [-0.2, 0) is 6.54 Å². The van der Waals surface area contributed by atoms with Crippen molar-refractivity contribution in [2.45, 2.75) is 6.54 Å². The van der Waals surface area contributed by atoms with Gasteiger partial charge in [-0.05, 0) is 41.8 Å². The smallest absolute Gasteiger partial charge is 0.141 e. The molecule has 0 bridgehead atoms. The first kappa shape index (κ1) is 11.6. The minimum atomic E-state index is -0.379. The highest BCUT2D eigenvalue weighted by atomic mass is 35.5. The van der Waals surface area contributed by atoms with Gasteiger partial charge < -0.3 is 5.32 Å². The number of hydrogen-bond donors (Lipinski definition) is 1. The van der Waals surface area contributed by atoms with Crippen LogP contribution < -0.4 is 5.32 Å². The van der Waals surface area contributed by atoms with Crippen molar-refractivity contribution < 1.29 is 4.39 Å². The molecule has 0 spiro atoms. The van der Waals surface area contributed by atoms with Crippen molar-refractivity contribution in [3.63, 3.8) is 0 Å². The second kappa shape index (κ2) is 4.95. The monoisotopic (exact) mass is 255 g/mol. The van der Waals surface area contributed by atoms with E-state index in [1.165, 1.54) is 10.9 Å². The number of hydrogen-bond acceptors (Lipinski definition) is 2. The fraction of sp³-hybridized carbons (Fsp3) is 0.167. The molecule has 0 radical (unpaired) electrons. The summed E-state index contributed by atoms with van der Waals surface area (Å²) in [6.45, 7) is 0.847. The minimum absolute atomic E-state index is 0.166. The molecule has 0 amide bonds. The van der Waals surface area contributed by atoms with Gasteiger partial charge in [0.25, 0.3) is 0 Å². The first-order valence-electron chi connectivity index (χ1n) is 4.88. The van der Waals surface area contributed by atoms with Gasteiger partial charge in [-0.2, -0.15) is 0 Å². The third-order valence-electron chi connectivity index (χ3n) is 2.26. The molecule has 1 aromatic carbocycles. The van der Waals surface area contributed by atoms with Gasteiger partial charge in [0.1, 0.15) is 5.82 Å². The molecule has 1 nitrogen and oxygen atoms in total. The molecule has 84 valence electrons. The predicted octanol–water partition coefficient (Wildman–Crippen LogP) is 3.93. The van der Waals surface area contributed by atoms with E-state index in [1.54, 1.807) is 23.5 Å². The van der Waals surface area contributed by atoms with Crippen molar-refractivity contribution in [1.82, 2.24) is 5.32 Å². The summed E-state index contributed by atoms with van der Waals surface area (Å²) in [7, 11) is 1.91. The molecule has 1 aromatic heterocycles. The van der Waals surface area contributed by atoms with Crippen molar-refractivity contribution >= 4 is 22.9 Å². The van der Waals surface area contributed by atoms with Crippen molar-refractivity contribution in [3.8, 4) is 11.1 Å². The summed E-state index contributed by atoms with van der Waals surface area (Å²) in [5, 5.41) is 5.31. The van der Waals surface area contributed by atoms with Crippen molar-refractivity contribution in [2.24, 2.45) is 0 Å². The van der Waals surface area contributed by atoms with Crippen LogP contribution in [0.5, 0.6) is 0 Å². The van der Waals surface area contributed by atoms with Crippen LogP contribution in [0, 0.1) is 5.82 Å². The van der Waals surface area contributed by atoms with E-state index in [9.17, 15) is 4.39 Å². The average molecular weight is 256 g/mol. The third-order valence-corrected chi connectivity index (χ3v) is 3.48. The molecule has 2 aromatic rings. The lowest BCUT2D eigenvalue weighted by molar-refractivity contribution is 0.628. The number of thiophene rings is 1. The predicted molar refractivity (Wildman–Crippen MR) is 67.5 cm³/mol. The summed E-state index contributed by atoms with van der Waals surface area (Å²) >= 11 is 7.43. The minimum Gasteiger partial charge on any atom is -0.315 e. The Morgan fingerprint density at radius 2 is 2.12 bits per heavy atom. The Hall–Kier alpha value is -0.900. The molecular formula is C12H11ClFNS. The van der Waals surface area contributed by atoms with Gasteiger partial charge in [-0.25, -0.2) is 4.39 Å². The molecule has 2 rings (SSSR count). The average Bonchev–Trinajstić information content (AvgIpc) is 2.71. The van der Waals surface area contributed by atoms with Crippen LogP contribution in [0.1, 0.15) is 4.88 Å². The highest BCUT2D eigenvalue weighted by Crippen LogP contribution is 2.28. The zero-order valence-electron chi connectivity index (χ0n) is 8.76. The number of nitrogens with one attached hydrogen (secondary N) is 1. The van der Waals surface area contributed by atoms with Gasteiger partial charge in [0.15, 0.2) is 0 Å². The molecule has 1 heterocycles. The Balaban J connectivity index is 2.31. The molecule has 0 saturated carbocycles. The molecule has 0 aliphatic carbocycles. The molecule has 0 unspecified atom stereocenters. The second-order valence-corrected chi connectivity index (χ2v) is 4.86. The Labute approximate surface area is 103 Å². The van der Waals surface area contributed by atoms with E-state index in [0.29, 0.717) is 0 Å². The molecule has 0 saturated heterocycles. The molecular weight excluding hydrogens is 245 g/mol. The SMILES string of the molecule is CNCc1cc(-c2ccc(F)c(Cl)c2)cs1. The van der Waals surface area contributed by atoms with Crippen LogP contribution in [-0.4, -0.2) is 7.05 Å². The number of halogens is 2. The van der Waals surface area contributed by atoms with E-state index in [-0.39, 0.29) is 10.8 Å². The molecule has 0 fully saturated rings. The third kappa shape index (κ3) is 2.43. The Kier molecular flexibility index (Phi) is 3.59. The molecule has 1 N–H and O–H groups in total. The van der Waals surface area contributed by atoms with E-state index in [2.05, 4.69) is 16.8 Å². The van der Waals surface area contributed by atoms with Gasteiger partial charge in [-0.3, -0.25) is 0 Å². The zero-order valence-corrected chi connectivity index (χ0v) is 10.3. The standard InChI is InChI=1S/C12H11ClFNS/c1-15-6-10-4-9(7-16-10)8-2-3-12(14)11(13)5-8/h2-5,7,15H,6H2,1H3. The van der Waals surface area contributed by atoms with Gasteiger partial charge in [0.2, 0.25) is 0 Å². The maximum Gasteiger partial charge on any atom is 0.141 e. The fourth-order valence-corrected chi connectivity index (χ4v) is 2.56. The summed E-state index contributed by atoms with van der Waals surface area (Å²) in [5.74, 6) is -0.379. The fourth-order valence-electron chi connectivity index (χ4n) is 1.47. The van der Waals surface area contributed by atoms with Crippen LogP contribution in [0.2, 0.25) is 5.02 Å². The van der Waals surface area contributed by atoms with Crippen LogP contribution in [0.25, 0.3) is 11.1 Å². The summed E-state index contributed by atoms with van der Waals surface area (Å²) in [6.07, 6.45) is 0. The molecule has 4 heteroatoms. The lowest BCUT2D eigenvalue weighted by Gasteiger charge is -1.99. The quantitative estimate of drug-likeness (QED) is 0.876. The van der Waals surface area contributed by atoms with Crippen molar-refractivity contribution in [3.05, 3.63) is 45.4 Å². The highest BCUT2D eigenvalue weighted by molar-refractivity contribution is 7.10. The Bertz CT molecular complexity index is 496. The summed E-state index contributed by atoms with van der Waals surface area (Å²) in [6, 6.07) is 6.88. The zero-order chi connectivity index (χ0) is 11.5. The molecule has 0 aliphatic rings. The van der Waals surface area contributed by atoms with Crippen LogP contribution in [0.15, 0.2) is 29.6 Å². The number of rotatable bonds is 3. The Morgan fingerprint density at radius 3 is 2.81 bits per heavy atom. The van der Waals surface area contributed by atoms with Crippen LogP contribution in [0.4, 0.5) is 4.39 Å².